The van der Waals surface area contributed by atoms with Gasteiger partial charge in [0, 0.05) is 16.1 Å². The van der Waals surface area contributed by atoms with Crippen molar-refractivity contribution in [3.8, 4) is 11.1 Å². The number of hydrogen-bond acceptors (Lipinski definition) is 0. The molecule has 2 aromatic rings. The maximum absolute atomic E-state index is 13.8. The Hall–Kier alpha value is -0.760. The van der Waals surface area contributed by atoms with Crippen LogP contribution in [-0.2, 0) is 0 Å². The van der Waals surface area contributed by atoms with E-state index in [2.05, 4.69) is 0 Å². The molecule has 0 saturated heterocycles. The molecule has 0 fully saturated rings. The molecule has 0 aliphatic heterocycles. The van der Waals surface area contributed by atoms with Gasteiger partial charge in [0.1, 0.15) is 5.82 Å². The Kier molecular flexibility index (Phi) is 3.62. The summed E-state index contributed by atoms with van der Waals surface area (Å²) in [6.45, 7) is 1.88. The van der Waals surface area contributed by atoms with Crippen LogP contribution in [-0.4, -0.2) is 0 Å². The van der Waals surface area contributed by atoms with Gasteiger partial charge in [0.05, 0.1) is 10.0 Å². The lowest BCUT2D eigenvalue weighted by Crippen LogP contribution is -1.88. The van der Waals surface area contributed by atoms with Crippen LogP contribution in [0.2, 0.25) is 15.1 Å². The highest BCUT2D eigenvalue weighted by Gasteiger charge is 2.14. The van der Waals surface area contributed by atoms with Crippen molar-refractivity contribution in [2.24, 2.45) is 0 Å². The van der Waals surface area contributed by atoms with Crippen molar-refractivity contribution in [3.05, 3.63) is 56.8 Å². The van der Waals surface area contributed by atoms with Crippen LogP contribution in [0.3, 0.4) is 0 Å². The molecular weight excluding hydrogens is 282 g/mol. The average molecular weight is 290 g/mol. The number of hydrogen-bond donors (Lipinski definition) is 0. The normalized spacial score (nSPS) is 10.6. The van der Waals surface area contributed by atoms with Gasteiger partial charge in [-0.2, -0.15) is 0 Å². The third kappa shape index (κ3) is 2.57. The summed E-state index contributed by atoms with van der Waals surface area (Å²) >= 11 is 17.9. The molecule has 0 heterocycles. The van der Waals surface area contributed by atoms with Gasteiger partial charge in [-0.25, -0.2) is 4.39 Å². The summed E-state index contributed by atoms with van der Waals surface area (Å²) in [6, 6.07) is 7.89. The molecule has 0 saturated carbocycles. The van der Waals surface area contributed by atoms with Crippen LogP contribution in [0.1, 0.15) is 5.56 Å². The second-order valence-corrected chi connectivity index (χ2v) is 4.98. The molecule has 0 bridgehead atoms. The summed E-state index contributed by atoms with van der Waals surface area (Å²) in [5.74, 6) is -0.360. The van der Waals surface area contributed by atoms with E-state index in [1.807, 2.05) is 6.92 Å². The summed E-state index contributed by atoms with van der Waals surface area (Å²) in [5, 5.41) is 1.11. The predicted molar refractivity (Wildman–Crippen MR) is 71.6 cm³/mol. The van der Waals surface area contributed by atoms with Crippen molar-refractivity contribution in [3.63, 3.8) is 0 Å². The third-order valence-corrected chi connectivity index (χ3v) is 3.21. The zero-order chi connectivity index (χ0) is 12.6. The van der Waals surface area contributed by atoms with Crippen molar-refractivity contribution < 1.29 is 4.39 Å². The Bertz CT molecular complexity index is 556. The number of aryl methyl sites for hydroxylation is 1. The van der Waals surface area contributed by atoms with Crippen molar-refractivity contribution in [1.29, 1.82) is 0 Å². The third-order valence-electron chi connectivity index (χ3n) is 2.40. The van der Waals surface area contributed by atoms with Crippen LogP contribution < -0.4 is 0 Å². The van der Waals surface area contributed by atoms with Gasteiger partial charge in [0.2, 0.25) is 0 Å². The molecule has 2 rings (SSSR count). The molecule has 2 aromatic carbocycles. The lowest BCUT2D eigenvalue weighted by Gasteiger charge is -2.10. The Morgan fingerprint density at radius 2 is 1.53 bits per heavy atom. The van der Waals surface area contributed by atoms with E-state index in [4.69, 9.17) is 34.8 Å². The van der Waals surface area contributed by atoms with Gasteiger partial charge < -0.3 is 0 Å². The molecule has 4 heteroatoms. The van der Waals surface area contributed by atoms with E-state index in [-0.39, 0.29) is 5.82 Å². The molecule has 0 atom stereocenters. The fraction of sp³-hybridized carbons (Fsp3) is 0.0769. The van der Waals surface area contributed by atoms with Gasteiger partial charge >= 0.3 is 0 Å². The maximum Gasteiger partial charge on any atom is 0.131 e. The standard InChI is InChI=1S/C13H8Cl3F/c1-7-2-3-12(17)9(4-7)13-10(15)5-8(14)6-11(13)16/h2-6H,1H3. The monoisotopic (exact) mass is 288 g/mol. The van der Waals surface area contributed by atoms with E-state index in [9.17, 15) is 4.39 Å². The summed E-state index contributed by atoms with van der Waals surface area (Å²) < 4.78 is 13.8. The van der Waals surface area contributed by atoms with Crippen LogP contribution in [0.25, 0.3) is 11.1 Å². The van der Waals surface area contributed by atoms with Crippen LogP contribution in [0, 0.1) is 12.7 Å². The molecule has 0 N–H and O–H groups in total. The Morgan fingerprint density at radius 3 is 2.12 bits per heavy atom. The fourth-order valence-electron chi connectivity index (χ4n) is 1.63. The van der Waals surface area contributed by atoms with Crippen LogP contribution in [0.5, 0.6) is 0 Å². The fourth-order valence-corrected chi connectivity index (χ4v) is 2.65. The Labute approximate surface area is 114 Å². The van der Waals surface area contributed by atoms with Crippen molar-refractivity contribution in [2.45, 2.75) is 6.92 Å². The Morgan fingerprint density at radius 1 is 0.941 bits per heavy atom. The van der Waals surface area contributed by atoms with Gasteiger partial charge in [-0.05, 0) is 31.2 Å². The van der Waals surface area contributed by atoms with Gasteiger partial charge in [-0.15, -0.1) is 0 Å². The second-order valence-electron chi connectivity index (χ2n) is 3.73. The first kappa shape index (κ1) is 12.7. The second kappa shape index (κ2) is 4.85. The quantitative estimate of drug-likeness (QED) is 0.626. The van der Waals surface area contributed by atoms with E-state index in [1.165, 1.54) is 6.07 Å². The highest BCUT2D eigenvalue weighted by molar-refractivity contribution is 6.41. The van der Waals surface area contributed by atoms with Crippen LogP contribution in [0.4, 0.5) is 4.39 Å². The molecular formula is C13H8Cl3F. The summed E-state index contributed by atoms with van der Waals surface area (Å²) in [5.41, 5.74) is 1.79. The number of benzene rings is 2. The van der Waals surface area contributed by atoms with Crippen molar-refractivity contribution in [2.75, 3.05) is 0 Å². The van der Waals surface area contributed by atoms with Crippen LogP contribution >= 0.6 is 34.8 Å². The zero-order valence-electron chi connectivity index (χ0n) is 8.90. The molecule has 0 spiro atoms. The molecule has 0 unspecified atom stereocenters. The van der Waals surface area contributed by atoms with Crippen LogP contribution in [0.15, 0.2) is 30.3 Å². The Balaban J connectivity index is 2.72. The lowest BCUT2D eigenvalue weighted by molar-refractivity contribution is 0.631. The smallest absolute Gasteiger partial charge is 0.131 e. The first-order valence-corrected chi connectivity index (χ1v) is 6.03. The minimum absolute atomic E-state index is 0.340. The summed E-state index contributed by atoms with van der Waals surface area (Å²) in [7, 11) is 0. The molecule has 0 amide bonds. The molecule has 88 valence electrons. The van der Waals surface area contributed by atoms with Gasteiger partial charge in [0.25, 0.3) is 0 Å². The van der Waals surface area contributed by atoms with Gasteiger partial charge in [-0.1, -0.05) is 46.4 Å². The first-order chi connectivity index (χ1) is 7.99. The summed E-state index contributed by atoms with van der Waals surface area (Å²) in [6.07, 6.45) is 0. The zero-order valence-corrected chi connectivity index (χ0v) is 11.2. The minimum atomic E-state index is -0.360. The van der Waals surface area contributed by atoms with E-state index >= 15 is 0 Å². The largest absolute Gasteiger partial charge is 0.206 e. The van der Waals surface area contributed by atoms with E-state index in [0.29, 0.717) is 26.2 Å². The van der Waals surface area contributed by atoms with E-state index in [1.54, 1.807) is 24.3 Å². The molecule has 0 aromatic heterocycles. The highest BCUT2D eigenvalue weighted by atomic mass is 35.5. The van der Waals surface area contributed by atoms with E-state index < -0.39 is 0 Å². The maximum atomic E-state index is 13.8. The molecule has 0 nitrogen and oxygen atoms in total. The highest BCUT2D eigenvalue weighted by Crippen LogP contribution is 2.38. The minimum Gasteiger partial charge on any atom is -0.206 e. The summed E-state index contributed by atoms with van der Waals surface area (Å²) in [4.78, 5) is 0. The number of halogens is 4. The first-order valence-electron chi connectivity index (χ1n) is 4.90. The predicted octanol–water partition coefficient (Wildman–Crippen LogP) is 5.76. The topological polar surface area (TPSA) is 0 Å². The van der Waals surface area contributed by atoms with Gasteiger partial charge in [-0.3, -0.25) is 0 Å². The SMILES string of the molecule is Cc1ccc(F)c(-c2c(Cl)cc(Cl)cc2Cl)c1. The van der Waals surface area contributed by atoms with Crippen molar-refractivity contribution >= 4 is 34.8 Å². The average Bonchev–Trinajstić information content (AvgIpc) is 2.21. The number of rotatable bonds is 1. The van der Waals surface area contributed by atoms with E-state index in [0.717, 1.165) is 5.56 Å². The molecule has 0 aliphatic rings. The molecule has 0 aliphatic carbocycles. The van der Waals surface area contributed by atoms with Crippen molar-refractivity contribution in [1.82, 2.24) is 0 Å². The lowest BCUT2D eigenvalue weighted by atomic mass is 10.0. The molecule has 0 radical (unpaired) electrons. The van der Waals surface area contributed by atoms with Gasteiger partial charge in [0.15, 0.2) is 0 Å². The molecule has 17 heavy (non-hydrogen) atoms.